The summed E-state index contributed by atoms with van der Waals surface area (Å²) in [4.78, 5) is 13.4. The number of carbonyl (C=O) groups is 1. The van der Waals surface area contributed by atoms with Crippen molar-refractivity contribution in [2.75, 3.05) is 0 Å². The molecule has 0 fully saturated rings. The summed E-state index contributed by atoms with van der Waals surface area (Å²) in [5, 5.41) is 9.42. The van der Waals surface area contributed by atoms with E-state index in [4.69, 9.17) is 5.11 Å². The molecule has 0 saturated carbocycles. The number of hydrogen-bond acceptors (Lipinski definition) is 2. The molecule has 96 valence electrons. The third-order valence-electron chi connectivity index (χ3n) is 2.48. The van der Waals surface area contributed by atoms with Crippen molar-refractivity contribution in [2.24, 2.45) is 0 Å². The lowest BCUT2D eigenvalue weighted by molar-refractivity contribution is -0.274. The van der Waals surface area contributed by atoms with Gasteiger partial charge in [0.1, 0.15) is 11.4 Å². The molecule has 18 heavy (non-hydrogen) atoms. The van der Waals surface area contributed by atoms with Crippen molar-refractivity contribution < 1.29 is 27.8 Å². The molecule has 0 amide bonds. The highest BCUT2D eigenvalue weighted by molar-refractivity contribution is 5.97. The van der Waals surface area contributed by atoms with E-state index in [9.17, 15) is 18.0 Å². The molecule has 0 saturated heterocycles. The van der Waals surface area contributed by atoms with Gasteiger partial charge in [-0.15, -0.1) is 13.2 Å². The van der Waals surface area contributed by atoms with Gasteiger partial charge in [-0.2, -0.15) is 0 Å². The Kier molecular flexibility index (Phi) is 2.68. The van der Waals surface area contributed by atoms with Gasteiger partial charge in [0.05, 0.1) is 5.52 Å². The summed E-state index contributed by atoms with van der Waals surface area (Å²) in [6.45, 7) is 1.58. The largest absolute Gasteiger partial charge is 0.573 e. The molecule has 0 aliphatic heterocycles. The Bertz CT molecular complexity index is 616. The van der Waals surface area contributed by atoms with Crippen LogP contribution in [0.4, 0.5) is 13.2 Å². The Balaban J connectivity index is 2.49. The third kappa shape index (κ3) is 2.24. The van der Waals surface area contributed by atoms with E-state index in [1.165, 1.54) is 6.07 Å². The number of aromatic amines is 1. The molecule has 1 heterocycles. The van der Waals surface area contributed by atoms with Crippen LogP contribution in [0, 0.1) is 6.92 Å². The molecular weight excluding hydrogens is 251 g/mol. The number of H-pyrrole nitrogens is 1. The number of benzene rings is 1. The van der Waals surface area contributed by atoms with E-state index in [0.717, 1.165) is 12.1 Å². The second kappa shape index (κ2) is 3.94. The molecular formula is C11H8F3NO3. The van der Waals surface area contributed by atoms with Crippen molar-refractivity contribution in [2.45, 2.75) is 13.3 Å². The summed E-state index contributed by atoms with van der Waals surface area (Å²) in [6, 6.07) is 3.64. The monoisotopic (exact) mass is 259 g/mol. The molecule has 0 radical (unpaired) electrons. The first kappa shape index (κ1) is 12.3. The van der Waals surface area contributed by atoms with E-state index in [2.05, 4.69) is 9.72 Å². The van der Waals surface area contributed by atoms with E-state index >= 15 is 0 Å². The van der Waals surface area contributed by atoms with Crippen molar-refractivity contribution in [3.8, 4) is 5.75 Å². The van der Waals surface area contributed by atoms with Gasteiger partial charge < -0.3 is 14.8 Å². The number of carboxylic acid groups (broad SMARTS) is 1. The number of alkyl halides is 3. The fourth-order valence-corrected chi connectivity index (χ4v) is 1.73. The Labute approximate surface area is 99.0 Å². The number of rotatable bonds is 2. The predicted octanol–water partition coefficient (Wildman–Crippen LogP) is 3.07. The number of aromatic nitrogens is 1. The minimum atomic E-state index is -4.77. The van der Waals surface area contributed by atoms with Crippen LogP contribution < -0.4 is 4.74 Å². The van der Waals surface area contributed by atoms with Crippen LogP contribution in [-0.2, 0) is 0 Å². The second-order valence-electron chi connectivity index (χ2n) is 3.69. The van der Waals surface area contributed by atoms with E-state index in [1.54, 1.807) is 6.92 Å². The van der Waals surface area contributed by atoms with Crippen LogP contribution in [0.3, 0.4) is 0 Å². The van der Waals surface area contributed by atoms with Crippen LogP contribution in [0.25, 0.3) is 10.9 Å². The summed E-state index contributed by atoms with van der Waals surface area (Å²) in [7, 11) is 0. The van der Waals surface area contributed by atoms with Crippen LogP contribution in [0.5, 0.6) is 5.75 Å². The number of hydrogen-bond donors (Lipinski definition) is 2. The topological polar surface area (TPSA) is 62.3 Å². The van der Waals surface area contributed by atoms with Crippen molar-refractivity contribution in [3.63, 3.8) is 0 Å². The Morgan fingerprint density at radius 2 is 2.06 bits per heavy atom. The van der Waals surface area contributed by atoms with Crippen molar-refractivity contribution in [3.05, 3.63) is 29.5 Å². The van der Waals surface area contributed by atoms with Gasteiger partial charge in [-0.1, -0.05) is 0 Å². The highest BCUT2D eigenvalue weighted by atomic mass is 19.4. The lowest BCUT2D eigenvalue weighted by Crippen LogP contribution is -2.16. The van der Waals surface area contributed by atoms with Crippen LogP contribution in [-0.4, -0.2) is 22.4 Å². The van der Waals surface area contributed by atoms with Crippen LogP contribution >= 0.6 is 0 Å². The van der Waals surface area contributed by atoms with E-state index < -0.39 is 18.1 Å². The van der Waals surface area contributed by atoms with Gasteiger partial charge in [-0.25, -0.2) is 4.79 Å². The maximum atomic E-state index is 12.0. The molecule has 1 aromatic carbocycles. The van der Waals surface area contributed by atoms with Gasteiger partial charge in [0.2, 0.25) is 0 Å². The minimum absolute atomic E-state index is 0.0471. The highest BCUT2D eigenvalue weighted by Crippen LogP contribution is 2.28. The zero-order valence-corrected chi connectivity index (χ0v) is 9.13. The molecule has 1 aromatic heterocycles. The molecule has 2 rings (SSSR count). The Morgan fingerprint density at radius 3 is 2.61 bits per heavy atom. The first-order valence-corrected chi connectivity index (χ1v) is 4.89. The summed E-state index contributed by atoms with van der Waals surface area (Å²) in [5.41, 5.74) is 0.705. The normalized spacial score (nSPS) is 11.8. The lowest BCUT2D eigenvalue weighted by Gasteiger charge is -2.08. The third-order valence-corrected chi connectivity index (χ3v) is 2.48. The number of ether oxygens (including phenoxy) is 1. The zero-order chi connectivity index (χ0) is 13.5. The Morgan fingerprint density at radius 1 is 1.39 bits per heavy atom. The van der Waals surface area contributed by atoms with Crippen LogP contribution in [0.15, 0.2) is 18.2 Å². The van der Waals surface area contributed by atoms with E-state index in [1.807, 2.05) is 0 Å². The molecule has 2 aromatic rings. The number of fused-ring (bicyclic) bond motifs is 1. The average Bonchev–Trinajstić information content (AvgIpc) is 2.53. The maximum absolute atomic E-state index is 12.0. The highest BCUT2D eigenvalue weighted by Gasteiger charge is 2.31. The molecule has 0 aliphatic carbocycles. The molecule has 0 unspecified atom stereocenters. The second-order valence-corrected chi connectivity index (χ2v) is 3.69. The average molecular weight is 259 g/mol. The minimum Gasteiger partial charge on any atom is -0.477 e. The molecule has 7 heteroatoms. The molecule has 0 aliphatic rings. The Hall–Kier alpha value is -2.18. The molecule has 0 atom stereocenters. The van der Waals surface area contributed by atoms with Gasteiger partial charge in [0, 0.05) is 11.5 Å². The van der Waals surface area contributed by atoms with E-state index in [0.29, 0.717) is 10.9 Å². The number of halogens is 3. The molecule has 0 spiro atoms. The van der Waals surface area contributed by atoms with Gasteiger partial charge in [0.25, 0.3) is 0 Å². The SMILES string of the molecule is Cc1c(C(=O)O)[nH]c2cc(OC(F)(F)F)ccc12. The zero-order valence-electron chi connectivity index (χ0n) is 9.13. The predicted molar refractivity (Wildman–Crippen MR) is 56.7 cm³/mol. The van der Waals surface area contributed by atoms with Gasteiger partial charge in [0.15, 0.2) is 0 Å². The number of aryl methyl sites for hydroxylation is 1. The summed E-state index contributed by atoms with van der Waals surface area (Å²) in [6.07, 6.45) is -4.77. The fraction of sp³-hybridized carbons (Fsp3) is 0.182. The van der Waals surface area contributed by atoms with Crippen molar-refractivity contribution >= 4 is 16.9 Å². The quantitative estimate of drug-likeness (QED) is 0.871. The summed E-state index contributed by atoms with van der Waals surface area (Å²) in [5.74, 6) is -1.56. The number of carboxylic acids is 1. The van der Waals surface area contributed by atoms with Crippen LogP contribution in [0.1, 0.15) is 16.1 Å². The summed E-state index contributed by atoms with van der Waals surface area (Å²) < 4.78 is 39.8. The first-order chi connectivity index (χ1) is 8.28. The first-order valence-electron chi connectivity index (χ1n) is 4.89. The van der Waals surface area contributed by atoms with Crippen molar-refractivity contribution in [1.29, 1.82) is 0 Å². The number of nitrogens with one attached hydrogen (secondary N) is 1. The van der Waals surface area contributed by atoms with Crippen LogP contribution in [0.2, 0.25) is 0 Å². The van der Waals surface area contributed by atoms with Gasteiger partial charge >= 0.3 is 12.3 Å². The van der Waals surface area contributed by atoms with Gasteiger partial charge in [-0.05, 0) is 24.6 Å². The maximum Gasteiger partial charge on any atom is 0.573 e. The molecule has 4 nitrogen and oxygen atoms in total. The van der Waals surface area contributed by atoms with Gasteiger partial charge in [-0.3, -0.25) is 0 Å². The van der Waals surface area contributed by atoms with Crippen molar-refractivity contribution in [1.82, 2.24) is 4.98 Å². The molecule has 0 bridgehead atoms. The fourth-order valence-electron chi connectivity index (χ4n) is 1.73. The lowest BCUT2D eigenvalue weighted by atomic mass is 10.1. The summed E-state index contributed by atoms with van der Waals surface area (Å²) >= 11 is 0. The molecule has 2 N–H and O–H groups in total. The smallest absolute Gasteiger partial charge is 0.477 e. The van der Waals surface area contributed by atoms with E-state index in [-0.39, 0.29) is 11.2 Å². The standard InChI is InChI=1S/C11H8F3NO3/c1-5-7-3-2-6(18-11(12,13)14)4-8(7)15-9(5)10(16)17/h2-4,15H,1H3,(H,16,17). The number of aromatic carboxylic acids is 1.